The van der Waals surface area contributed by atoms with Gasteiger partial charge in [-0.05, 0) is 25.7 Å². The monoisotopic (exact) mass is 432 g/mol. The Balaban J connectivity index is 1.71. The van der Waals surface area contributed by atoms with Crippen molar-refractivity contribution in [3.63, 3.8) is 0 Å². The van der Waals surface area contributed by atoms with Crippen molar-refractivity contribution in [3.05, 3.63) is 35.4 Å². The summed E-state index contributed by atoms with van der Waals surface area (Å²) < 4.78 is 10.3. The van der Waals surface area contributed by atoms with Crippen molar-refractivity contribution >= 4 is 11.9 Å². The molecule has 0 bridgehead atoms. The fourth-order valence-corrected chi connectivity index (χ4v) is 3.16. The number of carbonyl (C=O) groups is 2. The summed E-state index contributed by atoms with van der Waals surface area (Å²) in [4.78, 5) is 23.8. The van der Waals surface area contributed by atoms with Crippen LogP contribution in [0.25, 0.3) is 0 Å². The van der Waals surface area contributed by atoms with E-state index in [1.807, 2.05) is 0 Å². The molecule has 0 fully saturated rings. The van der Waals surface area contributed by atoms with Crippen LogP contribution in [-0.2, 0) is 22.4 Å². The van der Waals surface area contributed by atoms with Gasteiger partial charge in [0.05, 0.1) is 0 Å². The Kier molecular flexibility index (Phi) is 8.54. The maximum absolute atomic E-state index is 11.9. The van der Waals surface area contributed by atoms with Gasteiger partial charge >= 0.3 is 11.9 Å². The first-order valence-electron chi connectivity index (χ1n) is 10.3. The van der Waals surface area contributed by atoms with Gasteiger partial charge in [-0.15, -0.1) is 0 Å². The Morgan fingerprint density at radius 2 is 0.968 bits per heavy atom. The summed E-state index contributed by atoms with van der Waals surface area (Å²) in [7, 11) is 0. The third-order valence-corrected chi connectivity index (χ3v) is 4.78. The number of hydrogen-bond acceptors (Lipinski definition) is 8. The molecule has 0 aliphatic carbocycles. The zero-order valence-corrected chi connectivity index (χ0v) is 17.7. The van der Waals surface area contributed by atoms with Crippen LogP contribution in [0, 0.1) is 0 Å². The largest absolute Gasteiger partial charge is 0.507 e. The van der Waals surface area contributed by atoms with Crippen LogP contribution in [0.3, 0.4) is 0 Å². The average Bonchev–Trinajstić information content (AvgIpc) is 2.67. The van der Waals surface area contributed by atoms with E-state index in [-0.39, 0.29) is 47.3 Å². The number of carbonyl (C=O) groups excluding carboxylic acids is 2. The molecule has 2 aromatic rings. The van der Waals surface area contributed by atoms with Crippen LogP contribution in [0.5, 0.6) is 34.5 Å². The maximum atomic E-state index is 11.9. The molecule has 0 radical (unpaired) electrons. The predicted molar refractivity (Wildman–Crippen MR) is 113 cm³/mol. The zero-order valence-electron chi connectivity index (χ0n) is 17.7. The minimum atomic E-state index is -0.507. The number of rotatable bonds is 10. The molecule has 8 heteroatoms. The van der Waals surface area contributed by atoms with E-state index in [9.17, 15) is 30.0 Å². The van der Waals surface area contributed by atoms with Gasteiger partial charge in [0.1, 0.15) is 34.5 Å². The van der Waals surface area contributed by atoms with Crippen LogP contribution in [-0.4, -0.2) is 32.4 Å². The summed E-state index contributed by atoms with van der Waals surface area (Å²) in [6, 6.07) is 5.15. The number of aromatic hydroxyl groups is 4. The number of phenols is 4. The van der Waals surface area contributed by atoms with E-state index in [0.29, 0.717) is 43.2 Å². The van der Waals surface area contributed by atoms with Gasteiger partial charge in [0.15, 0.2) is 0 Å². The smallest absolute Gasteiger partial charge is 0.311 e. The van der Waals surface area contributed by atoms with Gasteiger partial charge in [-0.3, -0.25) is 9.59 Å². The molecule has 31 heavy (non-hydrogen) atoms. The third kappa shape index (κ3) is 6.80. The molecule has 168 valence electrons. The predicted octanol–water partition coefficient (Wildman–Crippen LogP) is 4.10. The van der Waals surface area contributed by atoms with Crippen molar-refractivity contribution in [1.82, 2.24) is 0 Å². The molecule has 2 rings (SSSR count). The lowest BCUT2D eigenvalue weighted by atomic mass is 10.1. The number of esters is 2. The van der Waals surface area contributed by atoms with E-state index in [1.54, 1.807) is 13.8 Å². The third-order valence-electron chi connectivity index (χ3n) is 4.78. The number of benzene rings is 2. The van der Waals surface area contributed by atoms with Gasteiger partial charge in [0.25, 0.3) is 0 Å². The summed E-state index contributed by atoms with van der Waals surface area (Å²) in [6.45, 7) is 3.57. The Hall–Kier alpha value is -3.42. The average molecular weight is 432 g/mol. The summed E-state index contributed by atoms with van der Waals surface area (Å²) in [6.07, 6.45) is 2.69. The lowest BCUT2D eigenvalue weighted by Gasteiger charge is -2.10. The van der Waals surface area contributed by atoms with Gasteiger partial charge in [-0.2, -0.15) is 0 Å². The fraction of sp³-hybridized carbons (Fsp3) is 0.391. The Bertz CT molecular complexity index is 814. The summed E-state index contributed by atoms with van der Waals surface area (Å²) in [5, 5.41) is 39.3. The van der Waals surface area contributed by atoms with Crippen LogP contribution in [0.2, 0.25) is 0 Å². The first-order valence-corrected chi connectivity index (χ1v) is 10.3. The number of ether oxygens (including phenoxy) is 2. The molecule has 0 spiro atoms. The van der Waals surface area contributed by atoms with Crippen LogP contribution < -0.4 is 9.47 Å². The lowest BCUT2D eigenvalue weighted by molar-refractivity contribution is -0.134. The maximum Gasteiger partial charge on any atom is 0.311 e. The van der Waals surface area contributed by atoms with E-state index in [4.69, 9.17) is 9.47 Å². The quantitative estimate of drug-likeness (QED) is 0.251. The second-order valence-electron chi connectivity index (χ2n) is 7.10. The van der Waals surface area contributed by atoms with Crippen molar-refractivity contribution < 1.29 is 39.5 Å². The topological polar surface area (TPSA) is 134 Å². The van der Waals surface area contributed by atoms with Gasteiger partial charge < -0.3 is 29.9 Å². The van der Waals surface area contributed by atoms with E-state index in [0.717, 1.165) is 0 Å². The summed E-state index contributed by atoms with van der Waals surface area (Å²) in [5.74, 6) is -1.39. The van der Waals surface area contributed by atoms with Crippen molar-refractivity contribution in [2.75, 3.05) is 0 Å². The first kappa shape index (κ1) is 23.9. The first-order chi connectivity index (χ1) is 14.7. The normalized spacial score (nSPS) is 10.6. The van der Waals surface area contributed by atoms with Gasteiger partial charge in [-0.25, -0.2) is 0 Å². The van der Waals surface area contributed by atoms with E-state index in [2.05, 4.69) is 0 Å². The molecule has 4 N–H and O–H groups in total. The Labute approximate surface area is 180 Å². The van der Waals surface area contributed by atoms with Gasteiger partial charge in [0, 0.05) is 48.2 Å². The standard InChI is InChI=1S/C23H28O8/c1-3-16-18(24)10-14(11-19(16)25)30-22(28)8-6-5-7-9-23(29)31-15-12-20(26)17(4-2)21(27)13-15/h10-13,24-27H,3-9H2,1-2H3. The van der Waals surface area contributed by atoms with Crippen LogP contribution >= 0.6 is 0 Å². The Morgan fingerprint density at radius 1 is 0.645 bits per heavy atom. The second-order valence-corrected chi connectivity index (χ2v) is 7.10. The lowest BCUT2D eigenvalue weighted by Crippen LogP contribution is -2.09. The van der Waals surface area contributed by atoms with E-state index < -0.39 is 11.9 Å². The molecule has 0 saturated carbocycles. The number of phenolic OH excluding ortho intramolecular Hbond substituents is 4. The molecule has 8 nitrogen and oxygen atoms in total. The highest BCUT2D eigenvalue weighted by atomic mass is 16.5. The van der Waals surface area contributed by atoms with Crippen LogP contribution in [0.15, 0.2) is 24.3 Å². The molecule has 0 unspecified atom stereocenters. The highest BCUT2D eigenvalue weighted by Gasteiger charge is 2.13. The summed E-state index contributed by atoms with van der Waals surface area (Å²) in [5.41, 5.74) is 0.775. The van der Waals surface area contributed by atoms with E-state index >= 15 is 0 Å². The van der Waals surface area contributed by atoms with Crippen LogP contribution in [0.4, 0.5) is 0 Å². The molecule has 0 saturated heterocycles. The second kappa shape index (κ2) is 11.1. The van der Waals surface area contributed by atoms with Gasteiger partial charge in [0.2, 0.25) is 0 Å². The molecule has 2 aromatic carbocycles. The minimum Gasteiger partial charge on any atom is -0.507 e. The highest BCUT2D eigenvalue weighted by Crippen LogP contribution is 2.34. The molecule has 0 amide bonds. The number of unbranched alkanes of at least 4 members (excludes halogenated alkanes) is 2. The zero-order chi connectivity index (χ0) is 23.0. The molecule has 0 atom stereocenters. The molecule has 0 heterocycles. The van der Waals surface area contributed by atoms with Gasteiger partial charge in [-0.1, -0.05) is 20.3 Å². The summed E-state index contributed by atoms with van der Waals surface area (Å²) >= 11 is 0. The molecule has 0 aliphatic heterocycles. The minimum absolute atomic E-state index is 0.0707. The Morgan fingerprint density at radius 3 is 1.26 bits per heavy atom. The molecule has 0 aliphatic rings. The van der Waals surface area contributed by atoms with E-state index in [1.165, 1.54) is 24.3 Å². The van der Waals surface area contributed by atoms with Crippen molar-refractivity contribution in [2.45, 2.75) is 58.8 Å². The molecular weight excluding hydrogens is 404 g/mol. The van der Waals surface area contributed by atoms with Crippen LogP contribution in [0.1, 0.15) is 57.1 Å². The highest BCUT2D eigenvalue weighted by molar-refractivity contribution is 5.73. The molecular formula is C23H28O8. The van der Waals surface area contributed by atoms with Crippen molar-refractivity contribution in [3.8, 4) is 34.5 Å². The molecule has 0 aromatic heterocycles. The number of hydrogen-bond donors (Lipinski definition) is 4. The fourth-order valence-electron chi connectivity index (χ4n) is 3.16. The SMILES string of the molecule is CCc1c(O)cc(OC(=O)CCCCCC(=O)Oc2cc(O)c(CC)c(O)c2)cc1O. The van der Waals surface area contributed by atoms with Crippen molar-refractivity contribution in [1.29, 1.82) is 0 Å². The van der Waals surface area contributed by atoms with Crippen molar-refractivity contribution in [2.24, 2.45) is 0 Å².